The summed E-state index contributed by atoms with van der Waals surface area (Å²) in [6, 6.07) is 6.91. The van der Waals surface area contributed by atoms with E-state index in [4.69, 9.17) is 21.1 Å². The van der Waals surface area contributed by atoms with Gasteiger partial charge in [0.25, 0.3) is 5.91 Å². The van der Waals surface area contributed by atoms with E-state index in [1.54, 1.807) is 31.5 Å². The lowest BCUT2D eigenvalue weighted by Gasteiger charge is -2.18. The maximum atomic E-state index is 12.1. The quantitative estimate of drug-likeness (QED) is 0.897. The molecule has 1 aliphatic carbocycles. The summed E-state index contributed by atoms with van der Waals surface area (Å²) in [5, 5.41) is 3.21. The SMILES string of the molecule is COc1ccc(NC(=O)COc2ccnc3c2CCCC3)cc1Cl. The second kappa shape index (κ2) is 7.53. The molecule has 1 N–H and O–H groups in total. The van der Waals surface area contributed by atoms with E-state index in [2.05, 4.69) is 10.3 Å². The number of nitrogens with zero attached hydrogens (tertiary/aromatic N) is 1. The van der Waals surface area contributed by atoms with Crippen molar-refractivity contribution < 1.29 is 14.3 Å². The van der Waals surface area contributed by atoms with E-state index in [1.807, 2.05) is 6.07 Å². The number of halogens is 1. The van der Waals surface area contributed by atoms with Crippen molar-refractivity contribution in [2.45, 2.75) is 25.7 Å². The minimum atomic E-state index is -0.238. The molecule has 1 aromatic heterocycles. The van der Waals surface area contributed by atoms with E-state index in [-0.39, 0.29) is 12.5 Å². The topological polar surface area (TPSA) is 60.5 Å². The molecule has 1 amide bonds. The van der Waals surface area contributed by atoms with Gasteiger partial charge in [-0.15, -0.1) is 0 Å². The average Bonchev–Trinajstić information content (AvgIpc) is 2.60. The van der Waals surface area contributed by atoms with Crippen molar-refractivity contribution in [3.63, 3.8) is 0 Å². The van der Waals surface area contributed by atoms with Crippen molar-refractivity contribution >= 4 is 23.2 Å². The van der Waals surface area contributed by atoms with Gasteiger partial charge in [-0.2, -0.15) is 0 Å². The monoisotopic (exact) mass is 346 g/mol. The molecule has 126 valence electrons. The molecule has 0 saturated carbocycles. The van der Waals surface area contributed by atoms with Gasteiger partial charge in [-0.3, -0.25) is 9.78 Å². The first kappa shape index (κ1) is 16.6. The van der Waals surface area contributed by atoms with Crippen molar-refractivity contribution in [1.29, 1.82) is 0 Å². The molecule has 0 atom stereocenters. The highest BCUT2D eigenvalue weighted by atomic mass is 35.5. The van der Waals surface area contributed by atoms with Crippen LogP contribution in [-0.4, -0.2) is 24.6 Å². The molecule has 1 heterocycles. The maximum Gasteiger partial charge on any atom is 0.262 e. The number of benzene rings is 1. The molecule has 0 fully saturated rings. The predicted octanol–water partition coefficient (Wildman–Crippen LogP) is 3.64. The van der Waals surface area contributed by atoms with Gasteiger partial charge in [-0.1, -0.05) is 11.6 Å². The molecule has 0 aliphatic heterocycles. The number of hydrogen-bond donors (Lipinski definition) is 1. The fraction of sp³-hybridized carbons (Fsp3) is 0.333. The number of anilines is 1. The number of nitrogens with one attached hydrogen (secondary N) is 1. The number of amides is 1. The Kier molecular flexibility index (Phi) is 5.20. The number of fused-ring (bicyclic) bond motifs is 1. The Morgan fingerprint density at radius 1 is 1.25 bits per heavy atom. The highest BCUT2D eigenvalue weighted by Crippen LogP contribution is 2.28. The Labute approximate surface area is 145 Å². The maximum absolute atomic E-state index is 12.1. The van der Waals surface area contributed by atoms with E-state index >= 15 is 0 Å². The van der Waals surface area contributed by atoms with Crippen LogP contribution in [0.2, 0.25) is 5.02 Å². The van der Waals surface area contributed by atoms with Gasteiger partial charge in [-0.05, 0) is 49.9 Å². The molecule has 0 saturated heterocycles. The molecule has 1 aromatic carbocycles. The van der Waals surface area contributed by atoms with Crippen molar-refractivity contribution in [2.75, 3.05) is 19.0 Å². The standard InChI is InChI=1S/C18H19ClN2O3/c1-23-17-7-6-12(10-14(17)19)21-18(22)11-24-16-8-9-20-15-5-3-2-4-13(15)16/h6-10H,2-5,11H2,1H3,(H,21,22). The molecule has 0 spiro atoms. The van der Waals surface area contributed by atoms with Crippen LogP contribution in [0.25, 0.3) is 0 Å². The lowest BCUT2D eigenvalue weighted by atomic mass is 9.95. The molecule has 1 aliphatic rings. The summed E-state index contributed by atoms with van der Waals surface area (Å²) in [6.45, 7) is -0.0555. The van der Waals surface area contributed by atoms with E-state index in [0.29, 0.717) is 16.5 Å². The number of carbonyl (C=O) groups is 1. The van der Waals surface area contributed by atoms with E-state index in [9.17, 15) is 4.79 Å². The van der Waals surface area contributed by atoms with Gasteiger partial charge in [0.2, 0.25) is 0 Å². The average molecular weight is 347 g/mol. The zero-order valence-electron chi connectivity index (χ0n) is 13.5. The number of aromatic nitrogens is 1. The number of pyridine rings is 1. The van der Waals surface area contributed by atoms with Crippen LogP contribution < -0.4 is 14.8 Å². The highest BCUT2D eigenvalue weighted by Gasteiger charge is 2.16. The first-order chi connectivity index (χ1) is 11.7. The first-order valence-corrected chi connectivity index (χ1v) is 8.28. The fourth-order valence-electron chi connectivity index (χ4n) is 2.81. The zero-order chi connectivity index (χ0) is 16.9. The van der Waals surface area contributed by atoms with E-state index in [1.165, 1.54) is 0 Å². The molecule has 0 unspecified atom stereocenters. The molecule has 0 radical (unpaired) electrons. The summed E-state index contributed by atoms with van der Waals surface area (Å²) < 4.78 is 10.8. The van der Waals surface area contributed by atoms with Gasteiger partial charge in [0, 0.05) is 23.1 Å². The molecule has 6 heteroatoms. The third-order valence-electron chi connectivity index (χ3n) is 3.99. The molecule has 0 bridgehead atoms. The Bertz CT molecular complexity index is 749. The summed E-state index contributed by atoms with van der Waals surface area (Å²) >= 11 is 6.05. The van der Waals surface area contributed by atoms with Gasteiger partial charge in [0.15, 0.2) is 6.61 Å². The highest BCUT2D eigenvalue weighted by molar-refractivity contribution is 6.32. The molecular weight excluding hydrogens is 328 g/mol. The van der Waals surface area contributed by atoms with Crippen molar-refractivity contribution in [3.8, 4) is 11.5 Å². The number of carbonyl (C=O) groups excluding carboxylic acids is 1. The van der Waals surface area contributed by atoms with Crippen LogP contribution in [0.5, 0.6) is 11.5 Å². The van der Waals surface area contributed by atoms with E-state index < -0.39 is 0 Å². The summed E-state index contributed by atoms with van der Waals surface area (Å²) in [5.41, 5.74) is 2.82. The zero-order valence-corrected chi connectivity index (χ0v) is 14.2. The molecule has 2 aromatic rings. The largest absolute Gasteiger partial charge is 0.495 e. The lowest BCUT2D eigenvalue weighted by Crippen LogP contribution is -2.21. The first-order valence-electron chi connectivity index (χ1n) is 7.90. The van der Waals surface area contributed by atoms with Crippen molar-refractivity contribution in [2.24, 2.45) is 0 Å². The van der Waals surface area contributed by atoms with Crippen LogP contribution in [0.1, 0.15) is 24.1 Å². The molecule has 5 nitrogen and oxygen atoms in total. The Morgan fingerprint density at radius 2 is 2.08 bits per heavy atom. The predicted molar refractivity (Wildman–Crippen MR) is 93.0 cm³/mol. The third kappa shape index (κ3) is 3.79. The van der Waals surface area contributed by atoms with Crippen LogP contribution in [0.4, 0.5) is 5.69 Å². The van der Waals surface area contributed by atoms with Crippen LogP contribution in [-0.2, 0) is 17.6 Å². The number of rotatable bonds is 5. The second-order valence-electron chi connectivity index (χ2n) is 5.63. The van der Waals surface area contributed by atoms with Gasteiger partial charge < -0.3 is 14.8 Å². The van der Waals surface area contributed by atoms with Gasteiger partial charge >= 0.3 is 0 Å². The number of hydrogen-bond acceptors (Lipinski definition) is 4. The van der Waals surface area contributed by atoms with Gasteiger partial charge in [0.05, 0.1) is 12.1 Å². The van der Waals surface area contributed by atoms with E-state index in [0.717, 1.165) is 42.7 Å². The minimum Gasteiger partial charge on any atom is -0.495 e. The molecular formula is C18H19ClN2O3. The second-order valence-corrected chi connectivity index (χ2v) is 6.03. The minimum absolute atomic E-state index is 0.0555. The summed E-state index contributed by atoms with van der Waals surface area (Å²) in [6.07, 6.45) is 5.95. The summed E-state index contributed by atoms with van der Waals surface area (Å²) in [4.78, 5) is 16.5. The molecule has 3 rings (SSSR count). The summed E-state index contributed by atoms with van der Waals surface area (Å²) in [7, 11) is 1.54. The van der Waals surface area contributed by atoms with Crippen LogP contribution in [0.15, 0.2) is 30.5 Å². The van der Waals surface area contributed by atoms with Crippen LogP contribution in [0, 0.1) is 0 Å². The summed E-state index contributed by atoms with van der Waals surface area (Å²) in [5.74, 6) is 1.08. The van der Waals surface area contributed by atoms with Gasteiger partial charge in [0.1, 0.15) is 11.5 Å². The Balaban J connectivity index is 1.61. The molecule has 24 heavy (non-hydrogen) atoms. The smallest absolute Gasteiger partial charge is 0.262 e. The van der Waals surface area contributed by atoms with Crippen molar-refractivity contribution in [3.05, 3.63) is 46.7 Å². The number of methoxy groups -OCH3 is 1. The lowest BCUT2D eigenvalue weighted by molar-refractivity contribution is -0.118. The normalized spacial score (nSPS) is 13.1. The third-order valence-corrected chi connectivity index (χ3v) is 4.28. The number of aryl methyl sites for hydroxylation is 1. The fourth-order valence-corrected chi connectivity index (χ4v) is 3.07. The van der Waals surface area contributed by atoms with Crippen molar-refractivity contribution in [1.82, 2.24) is 4.98 Å². The van der Waals surface area contributed by atoms with Gasteiger partial charge in [-0.25, -0.2) is 0 Å². The van der Waals surface area contributed by atoms with Crippen LogP contribution >= 0.6 is 11.6 Å². The Morgan fingerprint density at radius 3 is 2.88 bits per heavy atom. The Hall–Kier alpha value is -2.27. The van der Waals surface area contributed by atoms with Crippen LogP contribution in [0.3, 0.4) is 0 Å². The number of ether oxygens (including phenoxy) is 2.